The van der Waals surface area contributed by atoms with Gasteiger partial charge in [-0.05, 0) is 80.2 Å². The molecule has 0 N–H and O–H groups in total. The minimum atomic E-state index is -5.15. The lowest BCUT2D eigenvalue weighted by atomic mass is 9.89. The molecule has 0 bridgehead atoms. The Kier molecular flexibility index (Phi) is 13.3. The van der Waals surface area contributed by atoms with Gasteiger partial charge in [0.1, 0.15) is 49.4 Å². The van der Waals surface area contributed by atoms with Crippen LogP contribution in [0.4, 0.5) is 0 Å². The Labute approximate surface area is 423 Å². The van der Waals surface area contributed by atoms with E-state index in [1.165, 1.54) is 0 Å². The Morgan fingerprint density at radius 2 is 0.671 bits per heavy atom. The summed E-state index contributed by atoms with van der Waals surface area (Å²) < 4.78 is 51.5. The van der Waals surface area contributed by atoms with E-state index in [-0.39, 0.29) is 11.5 Å². The highest BCUT2D eigenvalue weighted by molar-refractivity contribution is 7.46. The Balaban J connectivity index is 1.02. The molecule has 0 saturated carbocycles. The van der Waals surface area contributed by atoms with Crippen LogP contribution in [-0.2, 0) is 31.0 Å². The topological polar surface area (TPSA) is 95.5 Å². The molecule has 10 aromatic rings. The molecule has 0 amide bonds. The van der Waals surface area contributed by atoms with E-state index >= 15 is 0 Å². The van der Waals surface area contributed by atoms with Crippen molar-refractivity contribution in [2.45, 2.75) is 26.4 Å². The second-order valence-electron chi connectivity index (χ2n) is 17.3. The smallest absolute Gasteiger partial charge is 0.372 e. The molecule has 0 spiro atoms. The summed E-state index contributed by atoms with van der Waals surface area (Å²) in [6.07, 6.45) is 0. The second kappa shape index (κ2) is 21.0. The number of ether oxygens (including phenoxy) is 4. The second-order valence-corrected chi connectivity index (χ2v) is 18.6. The van der Waals surface area contributed by atoms with Crippen LogP contribution in [0.15, 0.2) is 218 Å². The molecule has 354 valence electrons. The third-order valence-electron chi connectivity index (χ3n) is 12.1. The van der Waals surface area contributed by atoms with E-state index in [0.29, 0.717) is 82.8 Å². The van der Waals surface area contributed by atoms with Gasteiger partial charge in [0.15, 0.2) is 11.5 Å². The van der Waals surface area contributed by atoms with Crippen LogP contribution in [0, 0.1) is 23.7 Å². The van der Waals surface area contributed by atoms with Crippen LogP contribution in [0.2, 0.25) is 0 Å². The molecule has 11 rings (SSSR count). The number of fused-ring (bicyclic) bond motifs is 7. The van der Waals surface area contributed by atoms with Crippen molar-refractivity contribution in [2.24, 2.45) is 0 Å². The molecule has 0 aromatic heterocycles. The van der Waals surface area contributed by atoms with Gasteiger partial charge in [-0.1, -0.05) is 194 Å². The first-order chi connectivity index (χ1) is 35.9. The predicted octanol–water partition coefficient (Wildman–Crippen LogP) is 14.0. The summed E-state index contributed by atoms with van der Waals surface area (Å²) in [6.45, 7) is 1.33. The van der Waals surface area contributed by atoms with Crippen molar-refractivity contribution in [3.05, 3.63) is 263 Å². The molecule has 0 unspecified atom stereocenters. The zero-order valence-electron chi connectivity index (χ0n) is 39.3. The molecular weight excluding hydrogens is 928 g/mol. The van der Waals surface area contributed by atoms with Crippen LogP contribution in [0.5, 0.6) is 34.5 Å². The highest BCUT2D eigenvalue weighted by Crippen LogP contribution is 2.57. The van der Waals surface area contributed by atoms with E-state index < -0.39 is 7.82 Å². The monoisotopic (exact) mass is 971 g/mol. The van der Waals surface area contributed by atoms with Gasteiger partial charge in [0.05, 0.1) is 11.1 Å². The van der Waals surface area contributed by atoms with Gasteiger partial charge in [0.2, 0.25) is 0 Å². The van der Waals surface area contributed by atoms with E-state index in [1.807, 2.05) is 218 Å². The molecule has 0 radical (unpaired) electrons. The average Bonchev–Trinajstić information content (AvgIpc) is 3.56. The van der Waals surface area contributed by atoms with Crippen molar-refractivity contribution >= 4 is 29.4 Å². The number of rotatable bonds is 12. The molecule has 10 aromatic carbocycles. The Morgan fingerprint density at radius 1 is 0.370 bits per heavy atom. The van der Waals surface area contributed by atoms with Crippen molar-refractivity contribution < 1.29 is 37.5 Å². The minimum absolute atomic E-state index is 0.0408. The number of benzene rings is 10. The van der Waals surface area contributed by atoms with Gasteiger partial charge in [-0.2, -0.15) is 0 Å². The maximum absolute atomic E-state index is 14.3. The third kappa shape index (κ3) is 11.1. The lowest BCUT2D eigenvalue weighted by Crippen LogP contribution is -2.13. The Morgan fingerprint density at radius 3 is 1.00 bits per heavy atom. The SMILES string of the molecule is O=P1([O-])Oc2c(C#Cc3cc(OCc4ccccc4)cc(OCc4ccccc4)c3)cc3ccccc3c2-c2c(c(C#Cc3cc(OCc4ccccc4)cc(OCc4ccccc4)c3)cc3ccccc23)O1. The molecule has 9 heteroatoms. The van der Waals surface area contributed by atoms with E-state index in [2.05, 4.69) is 23.7 Å². The molecule has 1 aliphatic heterocycles. The van der Waals surface area contributed by atoms with Crippen molar-refractivity contribution in [3.8, 4) is 69.3 Å². The first-order valence-corrected chi connectivity index (χ1v) is 25.2. The molecular formula is C64H44O8P-. The molecule has 8 nitrogen and oxygen atoms in total. The lowest BCUT2D eigenvalue weighted by molar-refractivity contribution is -0.208. The standard InChI is InChI=1S/C64H45O8P/c65-73(66)71-63-53(31-29-49-33-55(67-41-45-17-5-1-6-18-45)39-56(34-49)68-42-46-19-7-2-8-20-46)37-51-25-13-15-27-59(51)61(63)62-60-28-16-14-26-52(60)38-54(64(62)72-73)32-30-50-35-57(69-43-47-21-9-3-10-22-47)40-58(36-50)70-44-48-23-11-4-12-24-48/h1-28,33-40H,41-44H2,(H,65,66)/p-1. The summed E-state index contributed by atoms with van der Waals surface area (Å²) in [7, 11) is -5.15. The van der Waals surface area contributed by atoms with Gasteiger partial charge < -0.3 is 32.9 Å². The van der Waals surface area contributed by atoms with Crippen molar-refractivity contribution in [3.63, 3.8) is 0 Å². The molecule has 73 heavy (non-hydrogen) atoms. The fraction of sp³-hybridized carbons (Fsp3) is 0.0625. The van der Waals surface area contributed by atoms with Crippen LogP contribution in [0.3, 0.4) is 0 Å². The molecule has 1 aliphatic rings. The van der Waals surface area contributed by atoms with Gasteiger partial charge in [0.25, 0.3) is 0 Å². The summed E-state index contributed by atoms with van der Waals surface area (Å²) in [5.41, 5.74) is 6.85. The summed E-state index contributed by atoms with van der Waals surface area (Å²) in [5.74, 6) is 15.5. The van der Waals surface area contributed by atoms with Crippen LogP contribution < -0.4 is 32.9 Å². The van der Waals surface area contributed by atoms with E-state index in [0.717, 1.165) is 43.8 Å². The average molecular weight is 972 g/mol. The zero-order chi connectivity index (χ0) is 49.4. The fourth-order valence-electron chi connectivity index (χ4n) is 8.63. The van der Waals surface area contributed by atoms with Crippen LogP contribution in [0.1, 0.15) is 44.5 Å². The summed E-state index contributed by atoms with van der Waals surface area (Å²) in [6, 6.07) is 69.7. The quantitative estimate of drug-likeness (QED) is 0.0882. The van der Waals surface area contributed by atoms with Crippen LogP contribution >= 0.6 is 7.82 Å². The zero-order valence-corrected chi connectivity index (χ0v) is 40.2. The predicted molar refractivity (Wildman–Crippen MR) is 284 cm³/mol. The van der Waals surface area contributed by atoms with Gasteiger partial charge in [-0.25, -0.2) is 4.57 Å². The van der Waals surface area contributed by atoms with Crippen molar-refractivity contribution in [1.29, 1.82) is 0 Å². The van der Waals surface area contributed by atoms with E-state index in [4.69, 9.17) is 28.0 Å². The highest BCUT2D eigenvalue weighted by atomic mass is 31.2. The molecule has 0 aliphatic carbocycles. The first-order valence-electron chi connectivity index (χ1n) is 23.7. The van der Waals surface area contributed by atoms with Crippen molar-refractivity contribution in [1.82, 2.24) is 0 Å². The van der Waals surface area contributed by atoms with E-state index in [1.54, 1.807) is 0 Å². The van der Waals surface area contributed by atoms with Crippen molar-refractivity contribution in [2.75, 3.05) is 0 Å². The normalized spacial score (nSPS) is 12.0. The van der Waals surface area contributed by atoms with Gasteiger partial charge in [-0.15, -0.1) is 0 Å². The highest BCUT2D eigenvalue weighted by Gasteiger charge is 2.32. The number of hydrogen-bond donors (Lipinski definition) is 0. The maximum Gasteiger partial charge on any atom is 0.372 e. The summed E-state index contributed by atoms with van der Waals surface area (Å²) in [4.78, 5) is 14.3. The van der Waals surface area contributed by atoms with Gasteiger partial charge in [-0.3, -0.25) is 0 Å². The summed E-state index contributed by atoms with van der Waals surface area (Å²) in [5, 5.41) is 3.10. The number of hydrogen-bond acceptors (Lipinski definition) is 8. The first kappa shape index (κ1) is 46.2. The van der Waals surface area contributed by atoms with Crippen LogP contribution in [-0.4, -0.2) is 0 Å². The lowest BCUT2D eigenvalue weighted by Gasteiger charge is -2.23. The fourth-order valence-corrected chi connectivity index (χ4v) is 9.50. The summed E-state index contributed by atoms with van der Waals surface area (Å²) >= 11 is 0. The van der Waals surface area contributed by atoms with Gasteiger partial charge >= 0.3 is 7.82 Å². The van der Waals surface area contributed by atoms with Gasteiger partial charge in [0, 0.05) is 34.4 Å². The minimum Gasteiger partial charge on any atom is -0.736 e. The molecule has 0 atom stereocenters. The third-order valence-corrected chi connectivity index (χ3v) is 12.9. The van der Waals surface area contributed by atoms with Crippen LogP contribution in [0.25, 0.3) is 32.7 Å². The largest absolute Gasteiger partial charge is 0.736 e. The maximum atomic E-state index is 14.3. The molecule has 0 fully saturated rings. The van der Waals surface area contributed by atoms with E-state index in [9.17, 15) is 9.46 Å². The molecule has 1 heterocycles. The Hall–Kier alpha value is -9.17. The molecule has 0 saturated heterocycles. The number of phosphoric acid groups is 1. The number of phosphoric ester groups is 1. The Bertz CT molecular complexity index is 3430.